The third-order valence-corrected chi connectivity index (χ3v) is 4.22. The molecule has 0 saturated carbocycles. The third-order valence-electron chi connectivity index (χ3n) is 3.02. The first-order valence-electron chi connectivity index (χ1n) is 6.47. The lowest BCUT2D eigenvalue weighted by atomic mass is 10.1. The number of nitrogens with zero attached hydrogens (tertiary/aromatic N) is 1. The van der Waals surface area contributed by atoms with Gasteiger partial charge in [-0.3, -0.25) is 10.1 Å². The Morgan fingerprint density at radius 2 is 1.76 bits per heavy atom. The number of aryl methyl sites for hydroxylation is 1. The summed E-state index contributed by atoms with van der Waals surface area (Å²) in [5, 5.41) is 10.8. The molecule has 0 aliphatic heterocycles. The smallest absolute Gasteiger partial charge is 0.224 e. The van der Waals surface area contributed by atoms with Gasteiger partial charge in [-0.1, -0.05) is 48.0 Å². The molecular weight excluding hydrogens is 288 g/mol. The fourth-order valence-corrected chi connectivity index (χ4v) is 2.89. The molecule has 5 nitrogen and oxygen atoms in total. The maximum Gasteiger partial charge on any atom is 0.224 e. The predicted molar refractivity (Wildman–Crippen MR) is 81.8 cm³/mol. The minimum Gasteiger partial charge on any atom is -0.264 e. The number of nitro groups is 1. The van der Waals surface area contributed by atoms with Crippen LogP contribution in [-0.2, 0) is 11.0 Å². The summed E-state index contributed by atoms with van der Waals surface area (Å²) in [6, 6.07) is 15.7. The van der Waals surface area contributed by atoms with Gasteiger partial charge in [-0.2, -0.15) is 0 Å². The van der Waals surface area contributed by atoms with Crippen LogP contribution >= 0.6 is 0 Å². The summed E-state index contributed by atoms with van der Waals surface area (Å²) >= 11 is 0. The van der Waals surface area contributed by atoms with Crippen molar-refractivity contribution in [2.75, 3.05) is 6.54 Å². The van der Waals surface area contributed by atoms with E-state index in [9.17, 15) is 14.3 Å². The lowest BCUT2D eigenvalue weighted by molar-refractivity contribution is -0.483. The van der Waals surface area contributed by atoms with E-state index in [-0.39, 0.29) is 6.54 Å². The molecule has 0 aliphatic carbocycles. The van der Waals surface area contributed by atoms with Gasteiger partial charge in [0.1, 0.15) is 17.0 Å². The monoisotopic (exact) mass is 304 g/mol. The van der Waals surface area contributed by atoms with Gasteiger partial charge in [0.25, 0.3) is 0 Å². The topological polar surface area (TPSA) is 72.2 Å². The molecule has 0 heterocycles. The Morgan fingerprint density at radius 3 is 2.33 bits per heavy atom. The van der Waals surface area contributed by atoms with Crippen LogP contribution in [0.2, 0.25) is 0 Å². The van der Waals surface area contributed by atoms with Crippen LogP contribution in [-0.4, -0.2) is 15.7 Å². The van der Waals surface area contributed by atoms with E-state index in [1.54, 1.807) is 36.4 Å². The molecule has 1 N–H and O–H groups in total. The predicted octanol–water partition coefficient (Wildman–Crippen LogP) is 2.63. The van der Waals surface area contributed by atoms with E-state index in [4.69, 9.17) is 0 Å². The first-order valence-corrected chi connectivity index (χ1v) is 7.62. The minimum atomic E-state index is -1.49. The number of nitrogens with one attached hydrogen (secondary N) is 1. The van der Waals surface area contributed by atoms with Crippen LogP contribution < -0.4 is 4.72 Å². The van der Waals surface area contributed by atoms with E-state index in [0.29, 0.717) is 4.90 Å². The molecule has 0 bridgehead atoms. The van der Waals surface area contributed by atoms with Crippen molar-refractivity contribution in [3.63, 3.8) is 0 Å². The summed E-state index contributed by atoms with van der Waals surface area (Å²) in [5.74, 6) is 0. The van der Waals surface area contributed by atoms with Crippen molar-refractivity contribution in [2.24, 2.45) is 0 Å². The van der Waals surface area contributed by atoms with Gasteiger partial charge in [0.2, 0.25) is 6.54 Å². The zero-order valence-corrected chi connectivity index (χ0v) is 12.4. The molecule has 2 aromatic rings. The highest BCUT2D eigenvalue weighted by Gasteiger charge is 2.20. The van der Waals surface area contributed by atoms with Gasteiger partial charge in [-0.15, -0.1) is 0 Å². The number of hydrogen-bond acceptors (Lipinski definition) is 3. The first kappa shape index (κ1) is 15.3. The van der Waals surface area contributed by atoms with Crippen LogP contribution in [0.4, 0.5) is 0 Å². The summed E-state index contributed by atoms with van der Waals surface area (Å²) in [5.41, 5.74) is 1.82. The van der Waals surface area contributed by atoms with Crippen LogP contribution in [0, 0.1) is 17.0 Å². The van der Waals surface area contributed by atoms with Gasteiger partial charge < -0.3 is 0 Å². The molecule has 0 saturated heterocycles. The van der Waals surface area contributed by atoms with E-state index in [1.165, 1.54) is 0 Å². The average molecular weight is 304 g/mol. The van der Waals surface area contributed by atoms with E-state index in [2.05, 4.69) is 4.72 Å². The molecule has 0 aliphatic rings. The maximum absolute atomic E-state index is 12.3. The van der Waals surface area contributed by atoms with Gasteiger partial charge >= 0.3 is 0 Å². The Balaban J connectivity index is 2.17. The zero-order valence-electron chi connectivity index (χ0n) is 11.6. The molecule has 110 valence electrons. The van der Waals surface area contributed by atoms with Crippen molar-refractivity contribution in [1.82, 2.24) is 4.72 Å². The van der Waals surface area contributed by atoms with Gasteiger partial charge in [0.15, 0.2) is 0 Å². The van der Waals surface area contributed by atoms with Crippen molar-refractivity contribution >= 4 is 11.0 Å². The van der Waals surface area contributed by atoms with Gasteiger partial charge in [-0.05, 0) is 24.6 Å². The van der Waals surface area contributed by atoms with Crippen LogP contribution in [0.25, 0.3) is 0 Å². The summed E-state index contributed by atoms with van der Waals surface area (Å²) < 4.78 is 15.1. The number of rotatable bonds is 6. The molecular formula is C15H16N2O3S. The molecule has 21 heavy (non-hydrogen) atoms. The SMILES string of the molecule is Cc1ccc([S@](=O)N[C@H](C[N+](=O)[O-])c2ccccc2)cc1. The molecule has 0 amide bonds. The Labute approximate surface area is 125 Å². The molecule has 0 unspecified atom stereocenters. The Bertz CT molecular complexity index is 629. The normalized spacial score (nSPS) is 13.6. The second kappa shape index (κ2) is 7.10. The van der Waals surface area contributed by atoms with Crippen LogP contribution in [0.1, 0.15) is 17.2 Å². The fourth-order valence-electron chi connectivity index (χ4n) is 1.90. The molecule has 2 aromatic carbocycles. The second-order valence-electron chi connectivity index (χ2n) is 4.68. The molecule has 2 atom stereocenters. The van der Waals surface area contributed by atoms with Crippen LogP contribution in [0.5, 0.6) is 0 Å². The Hall–Kier alpha value is -2.05. The molecule has 2 rings (SSSR count). The molecule has 0 fully saturated rings. The minimum absolute atomic E-state index is 0.318. The van der Waals surface area contributed by atoms with Crippen molar-refractivity contribution < 1.29 is 9.13 Å². The van der Waals surface area contributed by atoms with Gasteiger partial charge in [0.05, 0.1) is 4.90 Å². The van der Waals surface area contributed by atoms with Gasteiger partial charge in [-0.25, -0.2) is 8.93 Å². The van der Waals surface area contributed by atoms with E-state index in [1.807, 2.05) is 25.1 Å². The average Bonchev–Trinajstić information content (AvgIpc) is 2.47. The van der Waals surface area contributed by atoms with Crippen molar-refractivity contribution in [1.29, 1.82) is 0 Å². The van der Waals surface area contributed by atoms with Crippen LogP contribution in [0.15, 0.2) is 59.5 Å². The first-order chi connectivity index (χ1) is 10.1. The molecule has 0 radical (unpaired) electrons. The highest BCUT2D eigenvalue weighted by molar-refractivity contribution is 7.83. The molecule has 0 spiro atoms. The second-order valence-corrected chi connectivity index (χ2v) is 5.92. The van der Waals surface area contributed by atoms with Gasteiger partial charge in [0, 0.05) is 4.92 Å². The van der Waals surface area contributed by atoms with E-state index >= 15 is 0 Å². The summed E-state index contributed by atoms with van der Waals surface area (Å²) in [6.07, 6.45) is 0. The highest BCUT2D eigenvalue weighted by atomic mass is 32.2. The maximum atomic E-state index is 12.3. The summed E-state index contributed by atoms with van der Waals surface area (Å²) in [6.45, 7) is 1.63. The molecule has 6 heteroatoms. The lowest BCUT2D eigenvalue weighted by Crippen LogP contribution is -2.29. The van der Waals surface area contributed by atoms with Crippen molar-refractivity contribution in [3.8, 4) is 0 Å². The fraction of sp³-hybridized carbons (Fsp3) is 0.200. The summed E-state index contributed by atoms with van der Waals surface area (Å²) in [4.78, 5) is 11.0. The lowest BCUT2D eigenvalue weighted by Gasteiger charge is -2.14. The van der Waals surface area contributed by atoms with Crippen molar-refractivity contribution in [2.45, 2.75) is 17.9 Å². The highest BCUT2D eigenvalue weighted by Crippen LogP contribution is 2.16. The molecule has 0 aromatic heterocycles. The largest absolute Gasteiger partial charge is 0.264 e. The van der Waals surface area contributed by atoms with Crippen molar-refractivity contribution in [3.05, 3.63) is 75.8 Å². The quantitative estimate of drug-likeness (QED) is 0.658. The number of benzene rings is 2. The Kier molecular flexibility index (Phi) is 5.19. The Morgan fingerprint density at radius 1 is 1.14 bits per heavy atom. The summed E-state index contributed by atoms with van der Waals surface area (Å²) in [7, 11) is -1.49. The number of hydrogen-bond donors (Lipinski definition) is 1. The van der Waals surface area contributed by atoms with Crippen LogP contribution in [0.3, 0.4) is 0 Å². The van der Waals surface area contributed by atoms with E-state index in [0.717, 1.165) is 11.1 Å². The zero-order chi connectivity index (χ0) is 15.2. The standard InChI is InChI=1S/C15H16N2O3S/c1-12-7-9-14(10-8-12)21(20)16-15(11-17(18)19)13-5-3-2-4-6-13/h2-10,15-16H,11H2,1H3/t15-,21+/m1/s1. The van der Waals surface area contributed by atoms with E-state index < -0.39 is 22.0 Å². The third kappa shape index (κ3) is 4.47.